The molecule has 2 aromatic carbocycles. The van der Waals surface area contributed by atoms with E-state index in [9.17, 15) is 9.59 Å². The van der Waals surface area contributed by atoms with E-state index < -0.39 is 11.9 Å². The van der Waals surface area contributed by atoms with Gasteiger partial charge in [-0.3, -0.25) is 28.3 Å². The number of rotatable bonds is 24. The maximum absolute atomic E-state index is 11.2. The van der Waals surface area contributed by atoms with Gasteiger partial charge in [-0.05, 0) is 138 Å². The van der Waals surface area contributed by atoms with Crippen molar-refractivity contribution in [1.82, 2.24) is 29.1 Å². The zero-order valence-corrected chi connectivity index (χ0v) is 55.2. The van der Waals surface area contributed by atoms with Crippen LogP contribution in [0.25, 0.3) is 22.3 Å². The van der Waals surface area contributed by atoms with E-state index in [0.29, 0.717) is 43.3 Å². The molecule has 4 fully saturated rings. The van der Waals surface area contributed by atoms with Crippen molar-refractivity contribution in [2.75, 3.05) is 62.3 Å². The molecule has 2 saturated heterocycles. The summed E-state index contributed by atoms with van der Waals surface area (Å²) >= 11 is 6.28. The van der Waals surface area contributed by atoms with Crippen molar-refractivity contribution in [1.29, 1.82) is 0 Å². The Morgan fingerprint density at radius 1 is 0.578 bits per heavy atom. The van der Waals surface area contributed by atoms with E-state index in [2.05, 4.69) is 46.0 Å². The van der Waals surface area contributed by atoms with E-state index in [1.165, 1.54) is 84.8 Å². The molecule has 0 bridgehead atoms. The third-order valence-electron chi connectivity index (χ3n) is 15.4. The number of unbranched alkanes of at least 4 members (excludes halogenated alkanes) is 6. The summed E-state index contributed by atoms with van der Waals surface area (Å²) in [5, 5.41) is 26.3. The molecule has 2 aliphatic carbocycles. The molecular formula is C66H95ClN10O12Pd. The average Bonchev–Trinajstić information content (AvgIpc) is 1.83. The van der Waals surface area contributed by atoms with Crippen LogP contribution in [0.4, 0.5) is 28.6 Å². The summed E-state index contributed by atoms with van der Waals surface area (Å²) < 4.78 is 36.8. The Morgan fingerprint density at radius 3 is 1.42 bits per heavy atom. The number of ether oxygens (including phenoxy) is 6. The monoisotopic (exact) mass is 1360 g/mol. The normalized spacial score (nSPS) is 16.5. The molecule has 7 N–H and O–H groups in total. The maximum atomic E-state index is 11.2. The fourth-order valence-corrected chi connectivity index (χ4v) is 11.1. The maximum Gasteiger partial charge on any atom is 0.305 e. The van der Waals surface area contributed by atoms with Crippen LogP contribution < -0.4 is 31.2 Å². The molecule has 10 rings (SSSR count). The Labute approximate surface area is 548 Å². The van der Waals surface area contributed by atoms with E-state index in [4.69, 9.17) is 66.1 Å². The van der Waals surface area contributed by atoms with Gasteiger partial charge >= 0.3 is 11.9 Å². The molecule has 22 nitrogen and oxygen atoms in total. The number of aromatic nitrogens is 6. The number of hydrogen-bond donors (Lipinski definition) is 6. The predicted molar refractivity (Wildman–Crippen MR) is 347 cm³/mol. The van der Waals surface area contributed by atoms with Crippen LogP contribution in [0.3, 0.4) is 0 Å². The van der Waals surface area contributed by atoms with Gasteiger partial charge in [0.15, 0.2) is 11.3 Å². The number of hydrogen-bond acceptors (Lipinski definition) is 18. The summed E-state index contributed by atoms with van der Waals surface area (Å²) in [6.45, 7) is 5.10. The van der Waals surface area contributed by atoms with Crippen LogP contribution in [0.5, 0.6) is 11.5 Å². The smallest absolute Gasteiger partial charge is 0.305 e. The molecular weight excluding hydrogens is 1270 g/mol. The number of carboxylic acids is 2. The van der Waals surface area contributed by atoms with Crippen molar-refractivity contribution < 1.29 is 78.2 Å². The van der Waals surface area contributed by atoms with Gasteiger partial charge in [-0.25, -0.2) is 19.9 Å². The number of imidazole rings is 2. The number of pyridine rings is 2. The largest absolute Gasteiger partial charge is 0.494 e. The summed E-state index contributed by atoms with van der Waals surface area (Å²) in [7, 11) is 2.85. The first-order valence-corrected chi connectivity index (χ1v) is 32.2. The Hall–Kier alpha value is -6.77. The fourth-order valence-electron chi connectivity index (χ4n) is 10.9. The molecule has 2 saturated carbocycles. The van der Waals surface area contributed by atoms with Crippen molar-refractivity contribution in [3.8, 4) is 11.5 Å². The summed E-state index contributed by atoms with van der Waals surface area (Å²) in [5.41, 5.74) is 12.8. The molecule has 2 atom stereocenters. The number of nitrogens with two attached hydrogens (primary N) is 1. The van der Waals surface area contributed by atoms with Crippen LogP contribution in [-0.4, -0.2) is 116 Å². The van der Waals surface area contributed by atoms with Crippen molar-refractivity contribution in [3.63, 3.8) is 0 Å². The van der Waals surface area contributed by atoms with Gasteiger partial charge in [-0.2, -0.15) is 0 Å². The number of esters is 2. The van der Waals surface area contributed by atoms with E-state index in [1.807, 2.05) is 71.8 Å². The third kappa shape index (κ3) is 27.0. The van der Waals surface area contributed by atoms with Crippen LogP contribution in [0.2, 0.25) is 5.15 Å². The van der Waals surface area contributed by atoms with Gasteiger partial charge < -0.3 is 60.3 Å². The standard InChI is InChI=1S/C31H43N5O4.C17H23ClN4O.C14H21NO3.2C2H4O2.Pd/c1-38-29(37)14-7-2-3-9-19-39-25-17-15-24(16-18-25)34-27-21-26(33-23-11-5-4-6-12-23)30-31(35-27)36(22-32-30)28-13-8-10-20-40-28;18-14-10-13(20-12-6-2-1-3-7-12)16-17(21-14)22(11-19-16)15-8-4-5-9-23-15;1-17-14(16)6-4-2-3-5-11-18-13-9-7-12(15)8-10-13;2*1-2(3)4;/h15-18,21-23,28H,2-14,19-20H2,1H3,(H2,33,34,35);10-12,15H,1-9H2,(H,20,21);7-10H,2-6,11,15H2,1H3;2*1H3,(H,3,4);. The summed E-state index contributed by atoms with van der Waals surface area (Å²) in [6.07, 6.45) is 31.7. The van der Waals surface area contributed by atoms with Gasteiger partial charge in [-0.1, -0.05) is 75.8 Å². The Kier molecular flexibility index (Phi) is 34.2. The minimum absolute atomic E-state index is 0. The van der Waals surface area contributed by atoms with Gasteiger partial charge in [0.25, 0.3) is 11.9 Å². The number of fused-ring (bicyclic) bond motifs is 2. The second-order valence-corrected chi connectivity index (χ2v) is 23.1. The molecule has 498 valence electrons. The number of carbonyl (C=O) groups excluding carboxylic acids is 2. The average molecular weight is 1360 g/mol. The quantitative estimate of drug-likeness (QED) is 0.0108. The van der Waals surface area contributed by atoms with Gasteiger partial charge in [0.2, 0.25) is 0 Å². The summed E-state index contributed by atoms with van der Waals surface area (Å²) in [5.74, 6) is 0.534. The van der Waals surface area contributed by atoms with Gasteiger partial charge in [-0.15, -0.1) is 0 Å². The van der Waals surface area contributed by atoms with Crippen LogP contribution in [0.1, 0.15) is 193 Å². The number of aliphatic carboxylic acids is 2. The van der Waals surface area contributed by atoms with Crippen LogP contribution >= 0.6 is 11.6 Å². The Morgan fingerprint density at radius 2 is 0.989 bits per heavy atom. The minimum atomic E-state index is -0.833. The van der Waals surface area contributed by atoms with Gasteiger partial charge in [0, 0.05) is 95.9 Å². The number of nitrogen functional groups attached to an aromatic ring is 1. The third-order valence-corrected chi connectivity index (χ3v) is 15.6. The number of benzene rings is 2. The molecule has 90 heavy (non-hydrogen) atoms. The molecule has 4 aliphatic rings. The fraction of sp³-hybridized carbons (Fsp3) is 0.576. The number of anilines is 5. The van der Waals surface area contributed by atoms with Crippen molar-refractivity contribution >= 4 is 86.4 Å². The first-order chi connectivity index (χ1) is 43.2. The zero-order valence-electron chi connectivity index (χ0n) is 52.9. The number of nitrogens with one attached hydrogen (secondary N) is 3. The molecule has 6 heterocycles. The molecule has 4 aromatic heterocycles. The molecule has 24 heteroatoms. The Bertz CT molecular complexity index is 3020. The zero-order chi connectivity index (χ0) is 63.6. The van der Waals surface area contributed by atoms with E-state index in [-0.39, 0.29) is 44.8 Å². The molecule has 6 aromatic rings. The van der Waals surface area contributed by atoms with E-state index in [1.54, 1.807) is 0 Å². The van der Waals surface area contributed by atoms with Crippen molar-refractivity contribution in [2.24, 2.45) is 0 Å². The Balaban J connectivity index is 0.000000249. The van der Waals surface area contributed by atoms with E-state index in [0.717, 1.165) is 173 Å². The SMILES string of the molecule is CC(=O)O.CC(=O)O.COC(=O)CCCCCCOc1ccc(N)cc1.COC(=O)CCCCCCOc1ccc(Nc2cc(NC3CCCCC3)c3ncn(C4CCCCO4)c3n2)cc1.Clc1cc(NC2CCCCC2)c2ncn(C3CCCCO3)c2n1.[Pd]. The van der Waals surface area contributed by atoms with Crippen molar-refractivity contribution in [3.05, 3.63) is 78.5 Å². The number of methoxy groups -OCH3 is 2. The summed E-state index contributed by atoms with van der Waals surface area (Å²) in [4.78, 5) is 58.9. The van der Waals surface area contributed by atoms with Gasteiger partial charge in [0.1, 0.15) is 46.0 Å². The molecule has 0 amide bonds. The first kappa shape index (κ1) is 74.0. The number of halogens is 1. The molecule has 0 spiro atoms. The predicted octanol–water partition coefficient (Wildman–Crippen LogP) is 14.6. The number of nitrogens with zero attached hydrogens (tertiary/aromatic N) is 6. The van der Waals surface area contributed by atoms with Crippen molar-refractivity contribution in [2.45, 2.75) is 205 Å². The van der Waals surface area contributed by atoms with E-state index >= 15 is 0 Å². The number of carbonyl (C=O) groups is 4. The van der Waals surface area contributed by atoms with Crippen LogP contribution in [0.15, 0.2) is 73.3 Å². The van der Waals surface area contributed by atoms with Crippen LogP contribution in [0, 0.1) is 0 Å². The topological polar surface area (TPSA) is 288 Å². The molecule has 2 aliphatic heterocycles. The summed E-state index contributed by atoms with van der Waals surface area (Å²) in [6, 6.07) is 20.4. The molecule has 0 radical (unpaired) electrons. The second kappa shape index (κ2) is 41.6. The second-order valence-electron chi connectivity index (χ2n) is 22.7. The molecule has 2 unspecified atom stereocenters. The number of carboxylic acid groups (broad SMARTS) is 2. The van der Waals surface area contributed by atoms with Gasteiger partial charge in [0.05, 0.1) is 51.5 Å². The minimum Gasteiger partial charge on any atom is -0.494 e. The van der Waals surface area contributed by atoms with Crippen LogP contribution in [-0.2, 0) is 58.5 Å². The first-order valence-electron chi connectivity index (χ1n) is 31.9.